The molecular weight excluding hydrogens is 222 g/mol. The Kier molecular flexibility index (Phi) is 3.80. The van der Waals surface area contributed by atoms with E-state index in [1.165, 1.54) is 5.39 Å². The average molecular weight is 243 g/mol. The van der Waals surface area contributed by atoms with Crippen molar-refractivity contribution in [3.63, 3.8) is 0 Å². The minimum Gasteiger partial charge on any atom is -0.366 e. The highest BCUT2D eigenvalue weighted by atomic mass is 15.2. The van der Waals surface area contributed by atoms with Gasteiger partial charge in [0.25, 0.3) is 0 Å². The van der Waals surface area contributed by atoms with E-state index in [1.807, 2.05) is 19.1 Å². The number of aromatic nitrogens is 2. The summed E-state index contributed by atoms with van der Waals surface area (Å²) in [6.07, 6.45) is 1.13. The molecule has 0 aliphatic rings. The standard InChI is InChI=1S/C15H21N3/c1-10(2)9-11(3)16-15-14-8-6-5-7-13(14)12(4)17-18-15/h5-8,10-11H,9H2,1-4H3,(H,16,18). The number of fused-ring (bicyclic) bond motifs is 1. The number of aryl methyl sites for hydroxylation is 1. The van der Waals surface area contributed by atoms with Crippen molar-refractivity contribution in [1.29, 1.82) is 0 Å². The lowest BCUT2D eigenvalue weighted by atomic mass is 10.0. The van der Waals surface area contributed by atoms with Crippen LogP contribution in [0.25, 0.3) is 10.8 Å². The molecule has 96 valence electrons. The van der Waals surface area contributed by atoms with Crippen molar-refractivity contribution in [3.8, 4) is 0 Å². The second-order valence-electron chi connectivity index (χ2n) is 5.35. The van der Waals surface area contributed by atoms with Crippen LogP contribution in [0.5, 0.6) is 0 Å². The Morgan fingerprint density at radius 3 is 2.39 bits per heavy atom. The maximum Gasteiger partial charge on any atom is 0.156 e. The molecule has 1 aromatic heterocycles. The molecule has 0 bridgehead atoms. The van der Waals surface area contributed by atoms with E-state index in [1.54, 1.807) is 0 Å². The fourth-order valence-corrected chi connectivity index (χ4v) is 2.34. The van der Waals surface area contributed by atoms with Crippen molar-refractivity contribution in [2.45, 2.75) is 40.2 Å². The molecule has 0 radical (unpaired) electrons. The van der Waals surface area contributed by atoms with Gasteiger partial charge in [-0.15, -0.1) is 5.10 Å². The van der Waals surface area contributed by atoms with Crippen LogP contribution in [0.2, 0.25) is 0 Å². The van der Waals surface area contributed by atoms with E-state index >= 15 is 0 Å². The number of nitrogens with zero attached hydrogens (tertiary/aromatic N) is 2. The van der Waals surface area contributed by atoms with Crippen molar-refractivity contribution in [3.05, 3.63) is 30.0 Å². The van der Waals surface area contributed by atoms with Crippen molar-refractivity contribution in [2.75, 3.05) is 5.32 Å². The van der Waals surface area contributed by atoms with E-state index in [-0.39, 0.29) is 0 Å². The van der Waals surface area contributed by atoms with Crippen LogP contribution in [0.3, 0.4) is 0 Å². The van der Waals surface area contributed by atoms with E-state index in [0.29, 0.717) is 12.0 Å². The minimum atomic E-state index is 0.408. The molecule has 0 saturated carbocycles. The lowest BCUT2D eigenvalue weighted by molar-refractivity contribution is 0.538. The van der Waals surface area contributed by atoms with Crippen LogP contribution < -0.4 is 5.32 Å². The first kappa shape index (κ1) is 12.8. The van der Waals surface area contributed by atoms with E-state index in [9.17, 15) is 0 Å². The van der Waals surface area contributed by atoms with Gasteiger partial charge in [0.1, 0.15) is 0 Å². The Hall–Kier alpha value is -1.64. The highest BCUT2D eigenvalue weighted by Crippen LogP contribution is 2.23. The number of rotatable bonds is 4. The zero-order valence-corrected chi connectivity index (χ0v) is 11.6. The molecule has 0 aliphatic carbocycles. The summed E-state index contributed by atoms with van der Waals surface area (Å²) in [6, 6.07) is 8.68. The number of nitrogens with one attached hydrogen (secondary N) is 1. The fraction of sp³-hybridized carbons (Fsp3) is 0.467. The van der Waals surface area contributed by atoms with Crippen molar-refractivity contribution >= 4 is 16.6 Å². The van der Waals surface area contributed by atoms with Gasteiger partial charge in [0.15, 0.2) is 5.82 Å². The average Bonchev–Trinajstić information content (AvgIpc) is 2.32. The number of hydrogen-bond acceptors (Lipinski definition) is 3. The summed E-state index contributed by atoms with van der Waals surface area (Å²) in [7, 11) is 0. The predicted octanol–water partition coefficient (Wildman–Crippen LogP) is 3.78. The second kappa shape index (κ2) is 5.34. The predicted molar refractivity (Wildman–Crippen MR) is 76.8 cm³/mol. The van der Waals surface area contributed by atoms with Crippen LogP contribution in [0.1, 0.15) is 32.9 Å². The Bertz CT molecular complexity index is 534. The Labute approximate surface area is 109 Å². The molecule has 0 amide bonds. The second-order valence-corrected chi connectivity index (χ2v) is 5.35. The number of anilines is 1. The molecule has 0 saturated heterocycles. The molecule has 2 aromatic rings. The monoisotopic (exact) mass is 243 g/mol. The summed E-state index contributed by atoms with van der Waals surface area (Å²) < 4.78 is 0. The summed E-state index contributed by atoms with van der Waals surface area (Å²) in [5, 5.41) is 14.3. The van der Waals surface area contributed by atoms with E-state index in [2.05, 4.69) is 48.4 Å². The Balaban J connectivity index is 2.31. The summed E-state index contributed by atoms with van der Waals surface area (Å²) in [5.74, 6) is 1.57. The minimum absolute atomic E-state index is 0.408. The summed E-state index contributed by atoms with van der Waals surface area (Å²) >= 11 is 0. The highest BCUT2D eigenvalue weighted by molar-refractivity contribution is 5.92. The summed E-state index contributed by atoms with van der Waals surface area (Å²) in [4.78, 5) is 0. The van der Waals surface area contributed by atoms with Crippen LogP contribution in [0.15, 0.2) is 24.3 Å². The summed E-state index contributed by atoms with van der Waals surface area (Å²) in [5.41, 5.74) is 0.979. The smallest absolute Gasteiger partial charge is 0.156 e. The maximum atomic E-state index is 4.29. The lowest BCUT2D eigenvalue weighted by Crippen LogP contribution is -2.18. The molecule has 1 atom stereocenters. The summed E-state index contributed by atoms with van der Waals surface area (Å²) in [6.45, 7) is 8.65. The van der Waals surface area contributed by atoms with Crippen LogP contribution in [-0.2, 0) is 0 Å². The van der Waals surface area contributed by atoms with Crippen LogP contribution >= 0.6 is 0 Å². The Morgan fingerprint density at radius 2 is 1.72 bits per heavy atom. The van der Waals surface area contributed by atoms with Crippen molar-refractivity contribution in [1.82, 2.24) is 10.2 Å². The molecular formula is C15H21N3. The van der Waals surface area contributed by atoms with Gasteiger partial charge >= 0.3 is 0 Å². The van der Waals surface area contributed by atoms with Gasteiger partial charge in [-0.25, -0.2) is 0 Å². The maximum absolute atomic E-state index is 4.29. The third-order valence-corrected chi connectivity index (χ3v) is 3.08. The molecule has 0 aliphatic heterocycles. The van der Waals surface area contributed by atoms with E-state index < -0.39 is 0 Å². The largest absolute Gasteiger partial charge is 0.366 e. The lowest BCUT2D eigenvalue weighted by Gasteiger charge is -2.17. The molecule has 2 rings (SSSR count). The molecule has 0 spiro atoms. The fourth-order valence-electron chi connectivity index (χ4n) is 2.34. The van der Waals surface area contributed by atoms with Gasteiger partial charge in [0, 0.05) is 16.8 Å². The first-order chi connectivity index (χ1) is 8.58. The third kappa shape index (κ3) is 2.78. The van der Waals surface area contributed by atoms with Crippen molar-refractivity contribution < 1.29 is 0 Å². The van der Waals surface area contributed by atoms with E-state index in [4.69, 9.17) is 0 Å². The van der Waals surface area contributed by atoms with Crippen LogP contribution in [0, 0.1) is 12.8 Å². The molecule has 1 aromatic carbocycles. The van der Waals surface area contributed by atoms with Crippen LogP contribution in [-0.4, -0.2) is 16.2 Å². The van der Waals surface area contributed by atoms with Gasteiger partial charge in [-0.05, 0) is 26.2 Å². The quantitative estimate of drug-likeness (QED) is 0.888. The van der Waals surface area contributed by atoms with E-state index in [0.717, 1.165) is 23.3 Å². The zero-order chi connectivity index (χ0) is 13.1. The highest BCUT2D eigenvalue weighted by Gasteiger charge is 2.10. The van der Waals surface area contributed by atoms with Crippen molar-refractivity contribution in [2.24, 2.45) is 5.92 Å². The van der Waals surface area contributed by atoms with Gasteiger partial charge in [0.2, 0.25) is 0 Å². The molecule has 1 N–H and O–H groups in total. The normalized spacial score (nSPS) is 12.9. The van der Waals surface area contributed by atoms with Gasteiger partial charge in [-0.2, -0.15) is 5.10 Å². The van der Waals surface area contributed by atoms with Crippen LogP contribution in [0.4, 0.5) is 5.82 Å². The molecule has 3 heteroatoms. The first-order valence-corrected chi connectivity index (χ1v) is 6.56. The number of benzene rings is 1. The van der Waals surface area contributed by atoms with Gasteiger partial charge in [-0.3, -0.25) is 0 Å². The molecule has 0 fully saturated rings. The molecule has 18 heavy (non-hydrogen) atoms. The van der Waals surface area contributed by atoms with Gasteiger partial charge < -0.3 is 5.32 Å². The van der Waals surface area contributed by atoms with Gasteiger partial charge in [0.05, 0.1) is 5.69 Å². The molecule has 1 unspecified atom stereocenters. The van der Waals surface area contributed by atoms with Gasteiger partial charge in [-0.1, -0.05) is 38.1 Å². The molecule has 3 nitrogen and oxygen atoms in total. The Morgan fingerprint density at radius 1 is 1.06 bits per heavy atom. The third-order valence-electron chi connectivity index (χ3n) is 3.08. The first-order valence-electron chi connectivity index (χ1n) is 6.56. The number of hydrogen-bond donors (Lipinski definition) is 1. The topological polar surface area (TPSA) is 37.8 Å². The zero-order valence-electron chi connectivity index (χ0n) is 11.6. The molecule has 1 heterocycles. The SMILES string of the molecule is Cc1nnc(NC(C)CC(C)C)c2ccccc12.